The second kappa shape index (κ2) is 5.00. The molecule has 100 valence electrons. The van der Waals surface area contributed by atoms with Crippen LogP contribution in [0.15, 0.2) is 18.2 Å². The van der Waals surface area contributed by atoms with Gasteiger partial charge in [0.25, 0.3) is 0 Å². The topological polar surface area (TPSA) is 26.0 Å². The van der Waals surface area contributed by atoms with Gasteiger partial charge in [0, 0.05) is 5.54 Å². The second-order valence-electron chi connectivity index (χ2n) is 6.26. The standard InChI is InChI=1S/C16H24FN/c1-11-6-7-16(18,13(3)8-11)10-14-9-15(17)5-4-12(14)2/h4-5,9,11,13H,6-8,10,18H2,1-3H3. The van der Waals surface area contributed by atoms with E-state index in [1.54, 1.807) is 6.07 Å². The smallest absolute Gasteiger partial charge is 0.123 e. The van der Waals surface area contributed by atoms with E-state index in [0.717, 1.165) is 29.9 Å². The number of benzene rings is 1. The minimum Gasteiger partial charge on any atom is -0.325 e. The van der Waals surface area contributed by atoms with Crippen LogP contribution in [0.3, 0.4) is 0 Å². The van der Waals surface area contributed by atoms with Gasteiger partial charge >= 0.3 is 0 Å². The van der Waals surface area contributed by atoms with Crippen LogP contribution in [-0.4, -0.2) is 5.54 Å². The molecule has 2 heteroatoms. The molecule has 18 heavy (non-hydrogen) atoms. The highest BCUT2D eigenvalue weighted by Crippen LogP contribution is 2.37. The van der Waals surface area contributed by atoms with E-state index in [4.69, 9.17) is 5.73 Å². The highest BCUT2D eigenvalue weighted by molar-refractivity contribution is 5.28. The molecule has 2 rings (SSSR count). The Morgan fingerprint density at radius 1 is 1.39 bits per heavy atom. The Balaban J connectivity index is 2.19. The summed E-state index contributed by atoms with van der Waals surface area (Å²) in [7, 11) is 0. The number of hydrogen-bond donors (Lipinski definition) is 1. The van der Waals surface area contributed by atoms with E-state index < -0.39 is 0 Å². The van der Waals surface area contributed by atoms with Gasteiger partial charge in [0.05, 0.1) is 0 Å². The van der Waals surface area contributed by atoms with Crippen molar-refractivity contribution in [2.45, 2.75) is 52.0 Å². The maximum absolute atomic E-state index is 13.3. The molecular weight excluding hydrogens is 225 g/mol. The average Bonchev–Trinajstić information content (AvgIpc) is 2.30. The Kier molecular flexibility index (Phi) is 3.76. The van der Waals surface area contributed by atoms with Crippen LogP contribution in [-0.2, 0) is 6.42 Å². The van der Waals surface area contributed by atoms with Crippen LogP contribution in [0.1, 0.15) is 44.2 Å². The Morgan fingerprint density at radius 2 is 2.11 bits per heavy atom. The Hall–Kier alpha value is -0.890. The van der Waals surface area contributed by atoms with Crippen molar-refractivity contribution in [2.75, 3.05) is 0 Å². The van der Waals surface area contributed by atoms with Crippen LogP contribution < -0.4 is 5.73 Å². The fourth-order valence-electron chi connectivity index (χ4n) is 3.17. The lowest BCUT2D eigenvalue weighted by Gasteiger charge is -2.42. The van der Waals surface area contributed by atoms with Crippen LogP contribution in [0.25, 0.3) is 0 Å². The van der Waals surface area contributed by atoms with Gasteiger partial charge in [-0.3, -0.25) is 0 Å². The highest BCUT2D eigenvalue weighted by atomic mass is 19.1. The zero-order valence-electron chi connectivity index (χ0n) is 11.7. The van der Waals surface area contributed by atoms with Crippen molar-refractivity contribution < 1.29 is 4.39 Å². The third kappa shape index (κ3) is 2.74. The van der Waals surface area contributed by atoms with Gasteiger partial charge < -0.3 is 5.73 Å². The van der Waals surface area contributed by atoms with E-state index in [9.17, 15) is 4.39 Å². The highest BCUT2D eigenvalue weighted by Gasteiger charge is 2.36. The lowest BCUT2D eigenvalue weighted by atomic mass is 9.68. The molecule has 1 aliphatic carbocycles. The van der Waals surface area contributed by atoms with E-state index in [1.165, 1.54) is 18.9 Å². The summed E-state index contributed by atoms with van der Waals surface area (Å²) in [6, 6.07) is 5.02. The van der Waals surface area contributed by atoms with E-state index in [1.807, 2.05) is 13.0 Å². The lowest BCUT2D eigenvalue weighted by molar-refractivity contribution is 0.163. The van der Waals surface area contributed by atoms with Crippen molar-refractivity contribution in [3.8, 4) is 0 Å². The first-order chi connectivity index (χ1) is 8.40. The molecule has 0 heterocycles. The maximum Gasteiger partial charge on any atom is 0.123 e. The molecule has 0 amide bonds. The molecule has 1 saturated carbocycles. The zero-order chi connectivity index (χ0) is 13.3. The van der Waals surface area contributed by atoms with Crippen LogP contribution in [0.5, 0.6) is 0 Å². The second-order valence-corrected chi connectivity index (χ2v) is 6.26. The third-order valence-corrected chi connectivity index (χ3v) is 4.67. The molecule has 2 N–H and O–H groups in total. The normalized spacial score (nSPS) is 32.5. The van der Waals surface area contributed by atoms with E-state index in [0.29, 0.717) is 5.92 Å². The molecule has 0 saturated heterocycles. The molecule has 1 aromatic carbocycles. The van der Waals surface area contributed by atoms with Gasteiger partial charge in [0.1, 0.15) is 5.82 Å². The fraction of sp³-hybridized carbons (Fsp3) is 0.625. The molecule has 0 radical (unpaired) electrons. The molecule has 0 spiro atoms. The van der Waals surface area contributed by atoms with Crippen molar-refractivity contribution >= 4 is 0 Å². The number of aryl methyl sites for hydroxylation is 1. The number of hydrogen-bond acceptors (Lipinski definition) is 1. The summed E-state index contributed by atoms with van der Waals surface area (Å²) in [5, 5.41) is 0. The Bertz CT molecular complexity index is 429. The molecule has 0 aliphatic heterocycles. The number of halogens is 1. The summed E-state index contributed by atoms with van der Waals surface area (Å²) in [6.45, 7) is 6.57. The predicted octanol–water partition coefficient (Wildman–Crippen LogP) is 3.83. The fourth-order valence-corrected chi connectivity index (χ4v) is 3.17. The Morgan fingerprint density at radius 3 is 2.78 bits per heavy atom. The number of nitrogens with two attached hydrogens (primary N) is 1. The van der Waals surface area contributed by atoms with Gasteiger partial charge in [-0.1, -0.05) is 19.9 Å². The van der Waals surface area contributed by atoms with Gasteiger partial charge in [0.2, 0.25) is 0 Å². The minimum atomic E-state index is -0.162. The van der Waals surface area contributed by atoms with E-state index in [-0.39, 0.29) is 11.4 Å². The van der Waals surface area contributed by atoms with Gasteiger partial charge in [-0.25, -0.2) is 4.39 Å². The lowest BCUT2D eigenvalue weighted by Crippen LogP contribution is -2.51. The SMILES string of the molecule is Cc1ccc(F)cc1CC1(N)CCC(C)CC1C. The molecule has 0 aromatic heterocycles. The van der Waals surface area contributed by atoms with Crippen LogP contribution in [0.2, 0.25) is 0 Å². The first-order valence-corrected chi connectivity index (χ1v) is 6.94. The molecule has 0 bridgehead atoms. The van der Waals surface area contributed by atoms with Crippen LogP contribution in [0.4, 0.5) is 4.39 Å². The Labute approximate surface area is 110 Å². The van der Waals surface area contributed by atoms with Gasteiger partial charge in [-0.05, 0) is 67.7 Å². The van der Waals surface area contributed by atoms with Crippen LogP contribution in [0, 0.1) is 24.6 Å². The summed E-state index contributed by atoms with van der Waals surface area (Å²) in [5.41, 5.74) is 8.65. The molecule has 1 aromatic rings. The molecule has 1 fully saturated rings. The van der Waals surface area contributed by atoms with Crippen molar-refractivity contribution in [1.82, 2.24) is 0 Å². The van der Waals surface area contributed by atoms with Gasteiger partial charge in [-0.2, -0.15) is 0 Å². The van der Waals surface area contributed by atoms with Crippen LogP contribution >= 0.6 is 0 Å². The first kappa shape index (κ1) is 13.5. The minimum absolute atomic E-state index is 0.156. The largest absolute Gasteiger partial charge is 0.325 e. The van der Waals surface area contributed by atoms with Crippen molar-refractivity contribution in [1.29, 1.82) is 0 Å². The monoisotopic (exact) mass is 249 g/mol. The molecule has 1 aliphatic rings. The van der Waals surface area contributed by atoms with Crippen molar-refractivity contribution in [3.63, 3.8) is 0 Å². The molecule has 1 nitrogen and oxygen atoms in total. The molecular formula is C16H24FN. The van der Waals surface area contributed by atoms with Gasteiger partial charge in [-0.15, -0.1) is 0 Å². The predicted molar refractivity (Wildman–Crippen MR) is 73.9 cm³/mol. The summed E-state index contributed by atoms with van der Waals surface area (Å²) >= 11 is 0. The summed E-state index contributed by atoms with van der Waals surface area (Å²) in [4.78, 5) is 0. The van der Waals surface area contributed by atoms with E-state index >= 15 is 0 Å². The first-order valence-electron chi connectivity index (χ1n) is 6.94. The quantitative estimate of drug-likeness (QED) is 0.847. The summed E-state index contributed by atoms with van der Waals surface area (Å²) in [5.74, 6) is 1.12. The zero-order valence-corrected chi connectivity index (χ0v) is 11.7. The van der Waals surface area contributed by atoms with Gasteiger partial charge in [0.15, 0.2) is 0 Å². The summed E-state index contributed by atoms with van der Waals surface area (Å²) in [6.07, 6.45) is 4.22. The maximum atomic E-state index is 13.3. The summed E-state index contributed by atoms with van der Waals surface area (Å²) < 4.78 is 13.3. The molecule has 3 atom stereocenters. The van der Waals surface area contributed by atoms with Crippen molar-refractivity contribution in [3.05, 3.63) is 35.1 Å². The van der Waals surface area contributed by atoms with Crippen molar-refractivity contribution in [2.24, 2.45) is 17.6 Å². The number of rotatable bonds is 2. The molecule has 3 unspecified atom stereocenters. The third-order valence-electron chi connectivity index (χ3n) is 4.67. The average molecular weight is 249 g/mol. The van der Waals surface area contributed by atoms with E-state index in [2.05, 4.69) is 13.8 Å².